The van der Waals surface area contributed by atoms with Crippen molar-refractivity contribution in [3.63, 3.8) is 0 Å². The van der Waals surface area contributed by atoms with E-state index in [1.165, 1.54) is 16.7 Å². The normalized spacial score (nSPS) is 24.9. The third-order valence-electron chi connectivity index (χ3n) is 4.98. The van der Waals surface area contributed by atoms with E-state index in [0.717, 1.165) is 38.2 Å². The van der Waals surface area contributed by atoms with Crippen molar-refractivity contribution in [1.29, 1.82) is 0 Å². The Kier molecular flexibility index (Phi) is 4.76. The predicted octanol–water partition coefficient (Wildman–Crippen LogP) is 2.74. The molecule has 2 unspecified atom stereocenters. The van der Waals surface area contributed by atoms with Gasteiger partial charge in [-0.1, -0.05) is 24.3 Å². The van der Waals surface area contributed by atoms with E-state index in [1.54, 1.807) is 0 Å². The van der Waals surface area contributed by atoms with Crippen molar-refractivity contribution in [2.24, 2.45) is 4.99 Å². The van der Waals surface area contributed by atoms with Crippen molar-refractivity contribution in [3.05, 3.63) is 65.5 Å². The summed E-state index contributed by atoms with van der Waals surface area (Å²) in [5.74, 6) is 0.944. The second-order valence-electron chi connectivity index (χ2n) is 6.71. The van der Waals surface area contributed by atoms with Crippen LogP contribution in [0, 0.1) is 0 Å². The number of aromatic nitrogens is 1. The third kappa shape index (κ3) is 3.57. The van der Waals surface area contributed by atoms with E-state index in [0.29, 0.717) is 0 Å². The number of hydrogen-bond donors (Lipinski definition) is 1. The maximum atomic E-state index is 5.70. The molecule has 3 heterocycles. The number of fused-ring (bicyclic) bond motifs is 1. The topological polar surface area (TPSA) is 49.8 Å². The molecule has 2 aliphatic heterocycles. The highest BCUT2D eigenvalue weighted by molar-refractivity contribution is 6.00. The van der Waals surface area contributed by atoms with Crippen molar-refractivity contribution in [3.8, 4) is 0 Å². The zero-order valence-electron chi connectivity index (χ0n) is 14.6. The van der Waals surface area contributed by atoms with Gasteiger partial charge in [0.2, 0.25) is 0 Å². The summed E-state index contributed by atoms with van der Waals surface area (Å²) in [4.78, 5) is 8.94. The summed E-state index contributed by atoms with van der Waals surface area (Å²) < 4.78 is 5.70. The molecule has 4 rings (SSSR count). The second kappa shape index (κ2) is 7.33. The molecule has 25 heavy (non-hydrogen) atoms. The molecule has 1 aromatic carbocycles. The first kappa shape index (κ1) is 16.2. The Hall–Kier alpha value is -2.24. The summed E-state index contributed by atoms with van der Waals surface area (Å²) in [5.41, 5.74) is 7.26. The van der Waals surface area contributed by atoms with Gasteiger partial charge in [-0.15, -0.1) is 0 Å². The van der Waals surface area contributed by atoms with E-state index in [4.69, 9.17) is 9.73 Å². The summed E-state index contributed by atoms with van der Waals surface area (Å²) in [6.07, 6.45) is 7.16. The number of likely N-dealkylation sites (N-methyl/N-ethyl adjacent to an activating group) is 1. The van der Waals surface area contributed by atoms with Crippen molar-refractivity contribution in [2.75, 3.05) is 20.2 Å². The van der Waals surface area contributed by atoms with E-state index >= 15 is 0 Å². The fourth-order valence-corrected chi connectivity index (χ4v) is 3.61. The molecular weight excluding hydrogens is 312 g/mol. The summed E-state index contributed by atoms with van der Waals surface area (Å²) in [7, 11) is 2.09. The van der Waals surface area contributed by atoms with Crippen LogP contribution in [0.5, 0.6) is 0 Å². The van der Waals surface area contributed by atoms with Crippen LogP contribution in [-0.4, -0.2) is 42.1 Å². The first-order valence-corrected chi connectivity index (χ1v) is 8.95. The van der Waals surface area contributed by atoms with Crippen molar-refractivity contribution >= 4 is 5.84 Å². The number of rotatable bonds is 4. The van der Waals surface area contributed by atoms with Crippen LogP contribution in [0.2, 0.25) is 0 Å². The van der Waals surface area contributed by atoms with Crippen LogP contribution < -0.4 is 5.43 Å². The van der Waals surface area contributed by atoms with Gasteiger partial charge in [-0.25, -0.2) is 5.01 Å². The lowest BCUT2D eigenvalue weighted by atomic mass is 9.92. The number of nitrogens with zero attached hydrogens (tertiary/aromatic N) is 3. The van der Waals surface area contributed by atoms with Crippen LogP contribution in [-0.2, 0) is 11.2 Å². The summed E-state index contributed by atoms with van der Waals surface area (Å²) in [5, 5.41) is 2.16. The zero-order valence-corrected chi connectivity index (χ0v) is 14.6. The molecule has 1 fully saturated rings. The molecule has 5 heteroatoms. The van der Waals surface area contributed by atoms with Gasteiger partial charge in [0, 0.05) is 31.6 Å². The Morgan fingerprint density at radius 2 is 2.08 bits per heavy atom. The summed E-state index contributed by atoms with van der Waals surface area (Å²) in [6, 6.07) is 13.0. The molecule has 1 N–H and O–H groups in total. The molecule has 0 saturated carbocycles. The van der Waals surface area contributed by atoms with Gasteiger partial charge in [-0.2, -0.15) is 0 Å². The fraction of sp³-hybridized carbons (Fsp3) is 0.400. The van der Waals surface area contributed by atoms with Crippen LogP contribution in [0.3, 0.4) is 0 Å². The number of benzene rings is 1. The Morgan fingerprint density at radius 1 is 1.24 bits per heavy atom. The number of aliphatic imine (C=N–C) groups is 1. The largest absolute Gasteiger partial charge is 0.376 e. The van der Waals surface area contributed by atoms with Gasteiger partial charge in [0.25, 0.3) is 0 Å². The molecule has 0 aliphatic carbocycles. The Balaban J connectivity index is 1.60. The summed E-state index contributed by atoms with van der Waals surface area (Å²) >= 11 is 0. The van der Waals surface area contributed by atoms with E-state index in [1.807, 2.05) is 12.4 Å². The lowest BCUT2D eigenvalue weighted by Gasteiger charge is -2.36. The smallest absolute Gasteiger partial charge is 0.143 e. The highest BCUT2D eigenvalue weighted by Gasteiger charge is 2.28. The number of hydrogen-bond acceptors (Lipinski definition) is 4. The minimum absolute atomic E-state index is 0.264. The van der Waals surface area contributed by atoms with Gasteiger partial charge in [-0.05, 0) is 42.5 Å². The molecule has 0 bridgehead atoms. The number of nitrogens with one attached hydrogen (secondary N) is 1. The predicted molar refractivity (Wildman–Crippen MR) is 98.4 cm³/mol. The highest BCUT2D eigenvalue weighted by atomic mass is 16.5. The lowest BCUT2D eigenvalue weighted by molar-refractivity contribution is 0.117. The minimum atomic E-state index is 0.264. The van der Waals surface area contributed by atoms with E-state index in [2.05, 4.69) is 58.9 Å². The second-order valence-corrected chi connectivity index (χ2v) is 6.71. The summed E-state index contributed by atoms with van der Waals surface area (Å²) in [6.45, 7) is 1.59. The van der Waals surface area contributed by atoms with Crippen LogP contribution in [0.1, 0.15) is 35.6 Å². The Bertz CT molecular complexity index is 740. The average molecular weight is 336 g/mol. The molecular formula is C20H24N4O. The van der Waals surface area contributed by atoms with Crippen LogP contribution in [0.25, 0.3) is 0 Å². The van der Waals surface area contributed by atoms with Crippen LogP contribution >= 0.6 is 0 Å². The fourth-order valence-electron chi connectivity index (χ4n) is 3.61. The Labute approximate surface area is 148 Å². The van der Waals surface area contributed by atoms with E-state index in [9.17, 15) is 0 Å². The standard InChI is InChI=1S/C20H24N4O/c1-24-19(13-15-8-10-21-11-9-15)17-6-2-3-7-18(17)20(23-24)22-14-16-5-4-12-25-16/h2-3,6-11,16,19H,4-5,12-14H2,1H3,(H,22,23). The zero-order chi connectivity index (χ0) is 17.1. The molecule has 0 amide bonds. The van der Waals surface area contributed by atoms with Crippen molar-refractivity contribution in [2.45, 2.75) is 31.4 Å². The molecule has 2 atom stereocenters. The maximum absolute atomic E-state index is 5.70. The molecule has 2 aliphatic rings. The number of ether oxygens (including phenoxy) is 1. The number of pyridine rings is 1. The number of hydrazine groups is 1. The molecule has 1 saturated heterocycles. The molecule has 5 nitrogen and oxygen atoms in total. The van der Waals surface area contributed by atoms with Gasteiger partial charge >= 0.3 is 0 Å². The van der Waals surface area contributed by atoms with Gasteiger partial charge in [-0.3, -0.25) is 9.98 Å². The molecule has 0 spiro atoms. The highest BCUT2D eigenvalue weighted by Crippen LogP contribution is 2.29. The minimum Gasteiger partial charge on any atom is -0.376 e. The average Bonchev–Trinajstić information content (AvgIpc) is 3.17. The number of amidine groups is 1. The molecule has 2 aromatic rings. The molecule has 0 radical (unpaired) electrons. The van der Waals surface area contributed by atoms with Crippen molar-refractivity contribution < 1.29 is 4.74 Å². The molecule has 130 valence electrons. The van der Waals surface area contributed by atoms with Gasteiger partial charge in [0.05, 0.1) is 18.7 Å². The van der Waals surface area contributed by atoms with Gasteiger partial charge in [0.15, 0.2) is 0 Å². The SMILES string of the molecule is CN1NC(=NCC2CCCO2)c2ccccc2C1Cc1ccncc1. The van der Waals surface area contributed by atoms with Crippen LogP contribution in [0.15, 0.2) is 53.8 Å². The lowest BCUT2D eigenvalue weighted by Crippen LogP contribution is -2.48. The van der Waals surface area contributed by atoms with E-state index < -0.39 is 0 Å². The van der Waals surface area contributed by atoms with Gasteiger partial charge in [0.1, 0.15) is 5.84 Å². The van der Waals surface area contributed by atoms with Crippen LogP contribution in [0.4, 0.5) is 0 Å². The quantitative estimate of drug-likeness (QED) is 0.933. The maximum Gasteiger partial charge on any atom is 0.143 e. The van der Waals surface area contributed by atoms with Gasteiger partial charge < -0.3 is 10.2 Å². The first-order chi connectivity index (χ1) is 12.3. The molecule has 1 aromatic heterocycles. The monoisotopic (exact) mass is 336 g/mol. The Morgan fingerprint density at radius 3 is 2.88 bits per heavy atom. The van der Waals surface area contributed by atoms with Crippen molar-refractivity contribution in [1.82, 2.24) is 15.4 Å². The first-order valence-electron chi connectivity index (χ1n) is 8.95. The van der Waals surface area contributed by atoms with E-state index in [-0.39, 0.29) is 12.1 Å². The third-order valence-corrected chi connectivity index (χ3v) is 4.98.